The molecular formula is C16H18N2O. The molecular weight excluding hydrogens is 236 g/mol. The number of amides is 1. The average Bonchev–Trinajstić information content (AvgIpc) is 2.45. The van der Waals surface area contributed by atoms with Gasteiger partial charge in [0.05, 0.1) is 0 Å². The maximum atomic E-state index is 12.0. The molecule has 19 heavy (non-hydrogen) atoms. The van der Waals surface area contributed by atoms with Crippen molar-refractivity contribution in [1.82, 2.24) is 5.32 Å². The summed E-state index contributed by atoms with van der Waals surface area (Å²) < 4.78 is 0. The van der Waals surface area contributed by atoms with E-state index >= 15 is 0 Å². The number of nitrogens with two attached hydrogens (primary N) is 1. The summed E-state index contributed by atoms with van der Waals surface area (Å²) >= 11 is 0. The van der Waals surface area contributed by atoms with Crippen molar-refractivity contribution in [2.45, 2.75) is 19.5 Å². The summed E-state index contributed by atoms with van der Waals surface area (Å²) in [5.41, 5.74) is 9.00. The van der Waals surface area contributed by atoms with E-state index < -0.39 is 6.04 Å². The van der Waals surface area contributed by atoms with Gasteiger partial charge in [-0.3, -0.25) is 4.79 Å². The Labute approximate surface area is 113 Å². The van der Waals surface area contributed by atoms with Gasteiger partial charge in [0.25, 0.3) is 0 Å². The smallest absolute Gasteiger partial charge is 0.241 e. The summed E-state index contributed by atoms with van der Waals surface area (Å²) in [5, 5.41) is 2.86. The van der Waals surface area contributed by atoms with Gasteiger partial charge in [0.2, 0.25) is 5.91 Å². The van der Waals surface area contributed by atoms with Crippen LogP contribution in [-0.2, 0) is 11.3 Å². The Kier molecular flexibility index (Phi) is 4.31. The Bertz CT molecular complexity index is 552. The first-order valence-corrected chi connectivity index (χ1v) is 6.30. The van der Waals surface area contributed by atoms with E-state index in [1.54, 1.807) is 0 Å². The second kappa shape index (κ2) is 6.16. The summed E-state index contributed by atoms with van der Waals surface area (Å²) in [4.78, 5) is 12.0. The number of benzene rings is 2. The van der Waals surface area contributed by atoms with Crippen LogP contribution in [0.1, 0.15) is 22.7 Å². The minimum Gasteiger partial charge on any atom is -0.350 e. The predicted molar refractivity (Wildman–Crippen MR) is 76.4 cm³/mol. The summed E-state index contributed by atoms with van der Waals surface area (Å²) in [6, 6.07) is 16.8. The monoisotopic (exact) mass is 254 g/mol. The van der Waals surface area contributed by atoms with Gasteiger partial charge in [-0.25, -0.2) is 0 Å². The highest BCUT2D eigenvalue weighted by Crippen LogP contribution is 2.10. The van der Waals surface area contributed by atoms with Crippen molar-refractivity contribution in [2.75, 3.05) is 0 Å². The van der Waals surface area contributed by atoms with Crippen molar-refractivity contribution in [1.29, 1.82) is 0 Å². The van der Waals surface area contributed by atoms with Crippen molar-refractivity contribution in [3.8, 4) is 0 Å². The van der Waals surface area contributed by atoms with E-state index in [2.05, 4.69) is 5.32 Å². The van der Waals surface area contributed by atoms with Gasteiger partial charge in [0.15, 0.2) is 0 Å². The van der Waals surface area contributed by atoms with Crippen molar-refractivity contribution >= 4 is 5.91 Å². The van der Waals surface area contributed by atoms with Gasteiger partial charge in [-0.15, -0.1) is 0 Å². The highest BCUT2D eigenvalue weighted by molar-refractivity contribution is 5.82. The standard InChI is InChI=1S/C16H18N2O/c1-12-6-5-7-13(10-12)11-18-16(19)15(17)14-8-3-2-4-9-14/h2-10,15H,11,17H2,1H3,(H,18,19)/t15-/m0/s1. The summed E-state index contributed by atoms with van der Waals surface area (Å²) in [5.74, 6) is -0.160. The largest absolute Gasteiger partial charge is 0.350 e. The second-order valence-corrected chi connectivity index (χ2v) is 4.60. The second-order valence-electron chi connectivity index (χ2n) is 4.60. The van der Waals surface area contributed by atoms with Gasteiger partial charge in [0.1, 0.15) is 6.04 Å². The van der Waals surface area contributed by atoms with Crippen LogP contribution in [0, 0.1) is 6.92 Å². The van der Waals surface area contributed by atoms with E-state index in [1.807, 2.05) is 61.5 Å². The van der Waals surface area contributed by atoms with Crippen LogP contribution in [0.15, 0.2) is 54.6 Å². The molecule has 0 saturated carbocycles. The molecule has 98 valence electrons. The van der Waals surface area contributed by atoms with E-state index in [0.717, 1.165) is 11.1 Å². The predicted octanol–water partition coefficient (Wildman–Crippen LogP) is 2.31. The zero-order valence-electron chi connectivity index (χ0n) is 11.0. The van der Waals surface area contributed by atoms with Crippen LogP contribution < -0.4 is 11.1 Å². The van der Waals surface area contributed by atoms with Crippen molar-refractivity contribution in [3.05, 3.63) is 71.3 Å². The van der Waals surface area contributed by atoms with Gasteiger partial charge in [0, 0.05) is 6.54 Å². The summed E-state index contributed by atoms with van der Waals surface area (Å²) in [6.45, 7) is 2.53. The lowest BCUT2D eigenvalue weighted by atomic mass is 10.1. The highest BCUT2D eigenvalue weighted by atomic mass is 16.2. The molecule has 3 nitrogen and oxygen atoms in total. The van der Waals surface area contributed by atoms with Gasteiger partial charge >= 0.3 is 0 Å². The summed E-state index contributed by atoms with van der Waals surface area (Å²) in [7, 11) is 0. The Morgan fingerprint density at radius 1 is 1.16 bits per heavy atom. The molecule has 0 aliphatic carbocycles. The number of carbonyl (C=O) groups is 1. The van der Waals surface area contributed by atoms with Gasteiger partial charge < -0.3 is 11.1 Å². The zero-order chi connectivity index (χ0) is 13.7. The Balaban J connectivity index is 1.95. The maximum Gasteiger partial charge on any atom is 0.241 e. The Morgan fingerprint density at radius 3 is 2.58 bits per heavy atom. The number of hydrogen-bond donors (Lipinski definition) is 2. The Hall–Kier alpha value is -2.13. The minimum absolute atomic E-state index is 0.160. The van der Waals surface area contributed by atoms with Crippen LogP contribution in [0.3, 0.4) is 0 Å². The number of aryl methyl sites for hydroxylation is 1. The topological polar surface area (TPSA) is 55.1 Å². The molecule has 2 rings (SSSR count). The fourth-order valence-electron chi connectivity index (χ4n) is 1.93. The van der Waals surface area contributed by atoms with E-state index in [4.69, 9.17) is 5.73 Å². The molecule has 0 spiro atoms. The number of hydrogen-bond acceptors (Lipinski definition) is 2. The molecule has 0 aromatic heterocycles. The van der Waals surface area contributed by atoms with Gasteiger partial charge in [-0.05, 0) is 18.1 Å². The molecule has 1 amide bonds. The quantitative estimate of drug-likeness (QED) is 0.879. The molecule has 3 heteroatoms. The normalized spacial score (nSPS) is 11.9. The molecule has 1 atom stereocenters. The lowest BCUT2D eigenvalue weighted by Gasteiger charge is -2.12. The van der Waals surface area contributed by atoms with E-state index in [0.29, 0.717) is 6.54 Å². The first kappa shape index (κ1) is 13.3. The van der Waals surface area contributed by atoms with E-state index in [-0.39, 0.29) is 5.91 Å². The van der Waals surface area contributed by atoms with Crippen LogP contribution in [0.2, 0.25) is 0 Å². The molecule has 0 unspecified atom stereocenters. The fourth-order valence-corrected chi connectivity index (χ4v) is 1.93. The first-order chi connectivity index (χ1) is 9.16. The van der Waals surface area contributed by atoms with E-state index in [9.17, 15) is 4.79 Å². The molecule has 2 aromatic carbocycles. The molecule has 0 fully saturated rings. The first-order valence-electron chi connectivity index (χ1n) is 6.30. The van der Waals surface area contributed by atoms with Gasteiger partial charge in [-0.2, -0.15) is 0 Å². The lowest BCUT2D eigenvalue weighted by molar-refractivity contribution is -0.122. The Morgan fingerprint density at radius 2 is 1.89 bits per heavy atom. The molecule has 0 radical (unpaired) electrons. The number of rotatable bonds is 4. The molecule has 0 aliphatic heterocycles. The van der Waals surface area contributed by atoms with Crippen molar-refractivity contribution < 1.29 is 4.79 Å². The fraction of sp³-hybridized carbons (Fsp3) is 0.188. The average molecular weight is 254 g/mol. The molecule has 0 aliphatic rings. The third-order valence-corrected chi connectivity index (χ3v) is 2.99. The molecule has 2 aromatic rings. The van der Waals surface area contributed by atoms with Crippen LogP contribution >= 0.6 is 0 Å². The van der Waals surface area contributed by atoms with Gasteiger partial charge in [-0.1, -0.05) is 60.2 Å². The third-order valence-electron chi connectivity index (χ3n) is 2.99. The van der Waals surface area contributed by atoms with Crippen molar-refractivity contribution in [3.63, 3.8) is 0 Å². The van der Waals surface area contributed by atoms with E-state index in [1.165, 1.54) is 5.56 Å². The minimum atomic E-state index is -0.619. The van der Waals surface area contributed by atoms with Crippen LogP contribution in [-0.4, -0.2) is 5.91 Å². The molecule has 3 N–H and O–H groups in total. The van der Waals surface area contributed by atoms with Crippen LogP contribution in [0.25, 0.3) is 0 Å². The molecule has 0 heterocycles. The number of nitrogens with one attached hydrogen (secondary N) is 1. The zero-order valence-corrected chi connectivity index (χ0v) is 11.0. The number of carbonyl (C=O) groups excluding carboxylic acids is 1. The van der Waals surface area contributed by atoms with Crippen molar-refractivity contribution in [2.24, 2.45) is 5.73 Å². The third kappa shape index (κ3) is 3.66. The highest BCUT2D eigenvalue weighted by Gasteiger charge is 2.14. The summed E-state index contributed by atoms with van der Waals surface area (Å²) in [6.07, 6.45) is 0. The molecule has 0 bridgehead atoms. The maximum absolute atomic E-state index is 12.0. The van der Waals surface area contributed by atoms with Crippen LogP contribution in [0.4, 0.5) is 0 Å². The molecule has 0 saturated heterocycles. The SMILES string of the molecule is Cc1cccc(CNC(=O)[C@@H](N)c2ccccc2)c1. The lowest BCUT2D eigenvalue weighted by Crippen LogP contribution is -2.33. The van der Waals surface area contributed by atoms with Crippen LogP contribution in [0.5, 0.6) is 0 Å².